The molecule has 0 aromatic carbocycles. The van der Waals surface area contributed by atoms with Gasteiger partial charge in [0.05, 0.1) is 0 Å². The van der Waals surface area contributed by atoms with Crippen molar-refractivity contribution in [3.8, 4) is 0 Å². The summed E-state index contributed by atoms with van der Waals surface area (Å²) in [6.07, 6.45) is 3.91. The van der Waals surface area contributed by atoms with E-state index in [1.54, 1.807) is 0 Å². The van der Waals surface area contributed by atoms with E-state index in [1.165, 1.54) is 19.3 Å². The minimum Gasteiger partial charge on any atom is -0.324 e. The monoisotopic (exact) mass is 234 g/mol. The molecule has 1 saturated heterocycles. The Labute approximate surface area is 101 Å². The molecular formula is C12H18N4O. The summed E-state index contributed by atoms with van der Waals surface area (Å²) < 4.78 is 0. The number of rotatable bonds is 1. The third-order valence-electron chi connectivity index (χ3n) is 3.95. The van der Waals surface area contributed by atoms with Gasteiger partial charge in [-0.15, -0.1) is 0 Å². The van der Waals surface area contributed by atoms with Crippen molar-refractivity contribution in [2.75, 3.05) is 18.4 Å². The molecule has 1 saturated carbocycles. The number of carbonyl (C=O) groups excluding carboxylic acids is 1. The molecule has 2 N–H and O–H groups in total. The van der Waals surface area contributed by atoms with E-state index in [0.29, 0.717) is 5.82 Å². The lowest BCUT2D eigenvalue weighted by molar-refractivity contribution is 0.218. The SMILES string of the molecule is Cc1cc(NC(=O)N2C[C@H]3CCC[C@H]3C2)n[nH]1. The van der Waals surface area contributed by atoms with Gasteiger partial charge in [-0.3, -0.25) is 10.4 Å². The number of aromatic amines is 1. The first-order valence-corrected chi connectivity index (χ1v) is 6.30. The van der Waals surface area contributed by atoms with Crippen LogP contribution in [-0.2, 0) is 0 Å². The van der Waals surface area contributed by atoms with Crippen molar-refractivity contribution in [3.63, 3.8) is 0 Å². The van der Waals surface area contributed by atoms with Gasteiger partial charge >= 0.3 is 6.03 Å². The second kappa shape index (κ2) is 4.05. The number of H-pyrrole nitrogens is 1. The molecule has 2 atom stereocenters. The second-order valence-electron chi connectivity index (χ2n) is 5.22. The lowest BCUT2D eigenvalue weighted by atomic mass is 10.0. The van der Waals surface area contributed by atoms with Crippen LogP contribution in [0.4, 0.5) is 10.6 Å². The fourth-order valence-corrected chi connectivity index (χ4v) is 3.07. The van der Waals surface area contributed by atoms with Crippen molar-refractivity contribution in [2.45, 2.75) is 26.2 Å². The molecule has 1 aliphatic heterocycles. The van der Waals surface area contributed by atoms with Gasteiger partial charge < -0.3 is 4.90 Å². The van der Waals surface area contributed by atoms with Gasteiger partial charge in [0.15, 0.2) is 5.82 Å². The molecule has 2 aliphatic rings. The van der Waals surface area contributed by atoms with E-state index in [4.69, 9.17) is 0 Å². The summed E-state index contributed by atoms with van der Waals surface area (Å²) in [6, 6.07) is 1.83. The number of aryl methyl sites for hydroxylation is 1. The van der Waals surface area contributed by atoms with Crippen molar-refractivity contribution in [1.82, 2.24) is 15.1 Å². The van der Waals surface area contributed by atoms with E-state index in [2.05, 4.69) is 15.5 Å². The number of hydrogen-bond donors (Lipinski definition) is 2. The molecule has 92 valence electrons. The number of fused-ring (bicyclic) bond motifs is 1. The standard InChI is InChI=1S/C12H18N4O/c1-8-5-11(15-14-8)13-12(17)16-6-9-3-2-4-10(9)7-16/h5,9-10H,2-4,6-7H2,1H3,(H2,13,14,15,17)/t9-,10+. The predicted molar refractivity (Wildman–Crippen MR) is 64.7 cm³/mol. The lowest BCUT2D eigenvalue weighted by Crippen LogP contribution is -2.33. The molecule has 0 spiro atoms. The lowest BCUT2D eigenvalue weighted by Gasteiger charge is -2.16. The van der Waals surface area contributed by atoms with Crippen LogP contribution in [0.5, 0.6) is 0 Å². The molecule has 1 aliphatic carbocycles. The quantitative estimate of drug-likeness (QED) is 0.780. The minimum absolute atomic E-state index is 0.00843. The zero-order valence-corrected chi connectivity index (χ0v) is 10.1. The minimum atomic E-state index is -0.00843. The number of anilines is 1. The van der Waals surface area contributed by atoms with E-state index in [0.717, 1.165) is 30.6 Å². The van der Waals surface area contributed by atoms with E-state index in [1.807, 2.05) is 17.9 Å². The van der Waals surface area contributed by atoms with Crippen LogP contribution in [0.3, 0.4) is 0 Å². The van der Waals surface area contributed by atoms with Crippen LogP contribution in [0.15, 0.2) is 6.07 Å². The topological polar surface area (TPSA) is 61.0 Å². The molecule has 0 radical (unpaired) electrons. The van der Waals surface area contributed by atoms with Gasteiger partial charge in [-0.05, 0) is 31.6 Å². The van der Waals surface area contributed by atoms with E-state index in [9.17, 15) is 4.79 Å². The highest BCUT2D eigenvalue weighted by Crippen LogP contribution is 2.37. The maximum Gasteiger partial charge on any atom is 0.323 e. The first-order valence-electron chi connectivity index (χ1n) is 6.30. The summed E-state index contributed by atoms with van der Waals surface area (Å²) >= 11 is 0. The summed E-state index contributed by atoms with van der Waals surface area (Å²) in [5.74, 6) is 2.09. The zero-order valence-electron chi connectivity index (χ0n) is 10.1. The fourth-order valence-electron chi connectivity index (χ4n) is 3.07. The van der Waals surface area contributed by atoms with Crippen LogP contribution < -0.4 is 5.32 Å². The number of likely N-dealkylation sites (tertiary alicyclic amines) is 1. The third kappa shape index (κ3) is 2.01. The highest BCUT2D eigenvalue weighted by atomic mass is 16.2. The number of carbonyl (C=O) groups is 1. The smallest absolute Gasteiger partial charge is 0.323 e. The molecule has 1 aromatic rings. The molecule has 2 fully saturated rings. The van der Waals surface area contributed by atoms with E-state index >= 15 is 0 Å². The second-order valence-corrected chi connectivity index (χ2v) is 5.22. The highest BCUT2D eigenvalue weighted by molar-refractivity contribution is 5.88. The Bertz CT molecular complexity index is 416. The highest BCUT2D eigenvalue weighted by Gasteiger charge is 2.38. The van der Waals surface area contributed by atoms with Gasteiger partial charge in [0, 0.05) is 24.8 Å². The van der Waals surface area contributed by atoms with Crippen LogP contribution in [0.25, 0.3) is 0 Å². The Morgan fingerprint density at radius 1 is 1.47 bits per heavy atom. The van der Waals surface area contributed by atoms with Gasteiger partial charge in [0.25, 0.3) is 0 Å². The molecule has 17 heavy (non-hydrogen) atoms. The Kier molecular flexibility index (Phi) is 2.53. The number of aromatic nitrogens is 2. The number of hydrogen-bond acceptors (Lipinski definition) is 2. The average Bonchev–Trinajstić information content (AvgIpc) is 2.92. The maximum atomic E-state index is 12.0. The van der Waals surface area contributed by atoms with Crippen molar-refractivity contribution in [3.05, 3.63) is 11.8 Å². The fraction of sp³-hybridized carbons (Fsp3) is 0.667. The average molecular weight is 234 g/mol. The van der Waals surface area contributed by atoms with E-state index < -0.39 is 0 Å². The van der Waals surface area contributed by atoms with Gasteiger partial charge in [0.1, 0.15) is 0 Å². The Morgan fingerprint density at radius 2 is 2.18 bits per heavy atom. The number of nitrogens with zero attached hydrogens (tertiary/aromatic N) is 2. The predicted octanol–water partition coefficient (Wildman–Crippen LogP) is 1.98. The Morgan fingerprint density at radius 3 is 2.76 bits per heavy atom. The molecule has 2 amide bonds. The maximum absolute atomic E-state index is 12.0. The van der Waals surface area contributed by atoms with Crippen molar-refractivity contribution in [1.29, 1.82) is 0 Å². The van der Waals surface area contributed by atoms with Crippen molar-refractivity contribution in [2.24, 2.45) is 11.8 Å². The first-order chi connectivity index (χ1) is 8.22. The number of amides is 2. The number of nitrogens with one attached hydrogen (secondary N) is 2. The van der Waals surface area contributed by atoms with E-state index in [-0.39, 0.29) is 6.03 Å². The van der Waals surface area contributed by atoms with Crippen molar-refractivity contribution < 1.29 is 4.79 Å². The first kappa shape index (κ1) is 10.6. The molecule has 3 rings (SSSR count). The molecule has 1 aromatic heterocycles. The van der Waals surface area contributed by atoms with Gasteiger partial charge in [-0.2, -0.15) is 5.10 Å². The molecule has 0 unspecified atom stereocenters. The van der Waals surface area contributed by atoms with Crippen LogP contribution in [0.1, 0.15) is 25.0 Å². The largest absolute Gasteiger partial charge is 0.324 e. The molecule has 0 bridgehead atoms. The van der Waals surface area contributed by atoms with Crippen molar-refractivity contribution >= 4 is 11.8 Å². The van der Waals surface area contributed by atoms with Gasteiger partial charge in [0.2, 0.25) is 0 Å². The summed E-state index contributed by atoms with van der Waals surface area (Å²) in [5, 5.41) is 9.68. The molecule has 5 heteroatoms. The normalized spacial score (nSPS) is 27.2. The van der Waals surface area contributed by atoms with Gasteiger partial charge in [-0.1, -0.05) is 6.42 Å². The third-order valence-corrected chi connectivity index (χ3v) is 3.95. The van der Waals surface area contributed by atoms with Crippen LogP contribution in [0.2, 0.25) is 0 Å². The Balaban J connectivity index is 1.60. The summed E-state index contributed by atoms with van der Waals surface area (Å²) in [4.78, 5) is 13.9. The van der Waals surface area contributed by atoms with Crippen LogP contribution in [-0.4, -0.2) is 34.2 Å². The Hall–Kier alpha value is -1.52. The number of urea groups is 1. The van der Waals surface area contributed by atoms with Crippen LogP contribution >= 0.6 is 0 Å². The zero-order chi connectivity index (χ0) is 11.8. The summed E-state index contributed by atoms with van der Waals surface area (Å²) in [7, 11) is 0. The molecule has 5 nitrogen and oxygen atoms in total. The van der Waals surface area contributed by atoms with Gasteiger partial charge in [-0.25, -0.2) is 4.79 Å². The molecular weight excluding hydrogens is 216 g/mol. The summed E-state index contributed by atoms with van der Waals surface area (Å²) in [5.41, 5.74) is 0.957. The molecule has 2 heterocycles. The summed E-state index contributed by atoms with van der Waals surface area (Å²) in [6.45, 7) is 3.75. The van der Waals surface area contributed by atoms with Crippen LogP contribution in [0, 0.1) is 18.8 Å².